The number of carbonyl (C=O) groups excluding carboxylic acids is 2. The third-order valence-corrected chi connectivity index (χ3v) is 5.42. The first-order chi connectivity index (χ1) is 16.9. The van der Waals surface area contributed by atoms with Crippen molar-refractivity contribution in [1.29, 1.82) is 5.26 Å². The smallest absolute Gasteiger partial charge is 0.357 e. The van der Waals surface area contributed by atoms with Gasteiger partial charge >= 0.3 is 5.97 Å². The molecule has 1 heterocycles. The molecule has 35 heavy (non-hydrogen) atoms. The van der Waals surface area contributed by atoms with E-state index in [1.54, 1.807) is 18.2 Å². The highest BCUT2D eigenvalue weighted by Gasteiger charge is 2.20. The van der Waals surface area contributed by atoms with Crippen LogP contribution >= 0.6 is 0 Å². The maximum absolute atomic E-state index is 12.9. The van der Waals surface area contributed by atoms with Crippen LogP contribution in [0.15, 0.2) is 48.9 Å². The number of aromatic nitrogens is 2. The largest absolute Gasteiger partial charge is 0.366 e. The Labute approximate surface area is 201 Å². The fraction of sp³-hybridized carbons (Fsp3) is 0.240. The highest BCUT2D eigenvalue weighted by molar-refractivity contribution is 5.98. The maximum atomic E-state index is 12.9. The Morgan fingerprint density at radius 1 is 1.23 bits per heavy atom. The van der Waals surface area contributed by atoms with Crippen LogP contribution in [0.1, 0.15) is 63.6 Å². The molecule has 0 amide bonds. The van der Waals surface area contributed by atoms with Crippen LogP contribution in [-0.4, -0.2) is 26.6 Å². The van der Waals surface area contributed by atoms with Crippen molar-refractivity contribution in [2.45, 2.75) is 39.7 Å². The topological polar surface area (TPSA) is 148 Å². The highest BCUT2D eigenvalue weighted by Crippen LogP contribution is 2.25. The van der Waals surface area contributed by atoms with Gasteiger partial charge in [-0.05, 0) is 31.0 Å². The molecule has 0 unspecified atom stereocenters. The van der Waals surface area contributed by atoms with Crippen LogP contribution in [0.25, 0.3) is 11.3 Å². The van der Waals surface area contributed by atoms with Crippen molar-refractivity contribution in [1.82, 2.24) is 15.4 Å². The molecule has 0 aliphatic heterocycles. The molecule has 0 saturated carbocycles. The summed E-state index contributed by atoms with van der Waals surface area (Å²) in [5.74, 6) is -0.861. The first kappa shape index (κ1) is 25.1. The standard InChI is InChI=1S/C25H23N5O5/c1-3-4-8-23(31)21-11-17(24-19(12-26)13-27-15-28-24)9-10-18(21)14-29-35-25(32)20-6-5-7-22(16(20)2)30(33)34/h5-7,9-11,13,15,29H,3-4,8,14H2,1-2H3. The molecule has 3 rings (SSSR count). The zero-order valence-corrected chi connectivity index (χ0v) is 19.3. The number of nitro groups is 1. The minimum Gasteiger partial charge on any atom is -0.366 e. The summed E-state index contributed by atoms with van der Waals surface area (Å²) in [6.07, 6.45) is 4.65. The minimum atomic E-state index is -0.777. The number of nitrogens with one attached hydrogen (secondary N) is 1. The number of carbonyl (C=O) groups is 2. The number of rotatable bonds is 10. The van der Waals surface area contributed by atoms with Gasteiger partial charge in [0.25, 0.3) is 5.69 Å². The Morgan fingerprint density at radius 2 is 2.03 bits per heavy atom. The van der Waals surface area contributed by atoms with Gasteiger partial charge in [-0.15, -0.1) is 5.48 Å². The van der Waals surface area contributed by atoms with Crippen molar-refractivity contribution in [3.63, 3.8) is 0 Å². The lowest BCUT2D eigenvalue weighted by Crippen LogP contribution is -2.21. The lowest BCUT2D eigenvalue weighted by atomic mass is 9.95. The summed E-state index contributed by atoms with van der Waals surface area (Å²) in [7, 11) is 0. The molecular formula is C25H23N5O5. The van der Waals surface area contributed by atoms with E-state index >= 15 is 0 Å². The lowest BCUT2D eigenvalue weighted by molar-refractivity contribution is -0.385. The number of Topliss-reactive ketones (excluding diaryl/α,β-unsaturated/α-hetero) is 1. The predicted octanol–water partition coefficient (Wildman–Crippen LogP) is 4.47. The number of hydrogen-bond acceptors (Lipinski definition) is 9. The van der Waals surface area contributed by atoms with Crippen molar-refractivity contribution in [3.8, 4) is 17.3 Å². The van der Waals surface area contributed by atoms with Crippen molar-refractivity contribution < 1.29 is 19.3 Å². The zero-order valence-electron chi connectivity index (χ0n) is 19.3. The normalized spacial score (nSPS) is 10.4. The van der Waals surface area contributed by atoms with Crippen LogP contribution in [0.3, 0.4) is 0 Å². The number of nitriles is 1. The molecule has 10 nitrogen and oxygen atoms in total. The van der Waals surface area contributed by atoms with Crippen LogP contribution < -0.4 is 5.48 Å². The Hall–Kier alpha value is -4.49. The monoisotopic (exact) mass is 473 g/mol. The Kier molecular flexibility index (Phi) is 8.32. The summed E-state index contributed by atoms with van der Waals surface area (Å²) in [6, 6.07) is 11.3. The number of benzene rings is 2. The summed E-state index contributed by atoms with van der Waals surface area (Å²) in [5.41, 5.74) is 4.95. The van der Waals surface area contributed by atoms with Gasteiger partial charge in [-0.3, -0.25) is 14.9 Å². The van der Waals surface area contributed by atoms with Crippen molar-refractivity contribution in [2.24, 2.45) is 0 Å². The average Bonchev–Trinajstić information content (AvgIpc) is 2.87. The quantitative estimate of drug-likeness (QED) is 0.256. The molecule has 1 N–H and O–H groups in total. The van der Waals surface area contributed by atoms with E-state index in [0.717, 1.165) is 6.42 Å². The molecule has 1 aromatic heterocycles. The van der Waals surface area contributed by atoms with Crippen molar-refractivity contribution >= 4 is 17.4 Å². The Bertz CT molecular complexity index is 1320. The van der Waals surface area contributed by atoms with Gasteiger partial charge in [0.15, 0.2) is 5.78 Å². The number of nitrogens with zero attached hydrogens (tertiary/aromatic N) is 4. The molecule has 0 fully saturated rings. The predicted molar refractivity (Wildman–Crippen MR) is 126 cm³/mol. The molecule has 0 aliphatic carbocycles. The molecule has 0 bridgehead atoms. The van der Waals surface area contributed by atoms with Gasteiger partial charge < -0.3 is 4.84 Å². The highest BCUT2D eigenvalue weighted by atomic mass is 16.7. The summed E-state index contributed by atoms with van der Waals surface area (Å²) < 4.78 is 0. The molecule has 0 atom stereocenters. The number of hydrogen-bond donors (Lipinski definition) is 1. The molecule has 0 radical (unpaired) electrons. The lowest BCUT2D eigenvalue weighted by Gasteiger charge is -2.13. The van der Waals surface area contributed by atoms with Gasteiger partial charge in [-0.1, -0.05) is 31.5 Å². The van der Waals surface area contributed by atoms with Crippen molar-refractivity contribution in [2.75, 3.05) is 0 Å². The molecule has 2 aromatic carbocycles. The van der Waals surface area contributed by atoms with Crippen LogP contribution in [0, 0.1) is 28.4 Å². The van der Waals surface area contributed by atoms with E-state index in [9.17, 15) is 25.0 Å². The molecule has 0 saturated heterocycles. The van der Waals surface area contributed by atoms with E-state index in [0.29, 0.717) is 35.2 Å². The summed E-state index contributed by atoms with van der Waals surface area (Å²) in [5, 5.41) is 20.5. The molecule has 178 valence electrons. The number of hydroxylamine groups is 1. The SMILES string of the molecule is CCCCC(=O)c1cc(-c2ncncc2C#N)ccc1CNOC(=O)c1cccc([N+](=O)[O-])c1C. The van der Waals surface area contributed by atoms with E-state index in [-0.39, 0.29) is 34.7 Å². The third kappa shape index (κ3) is 5.90. The average molecular weight is 473 g/mol. The van der Waals surface area contributed by atoms with Gasteiger partial charge in [0.2, 0.25) is 0 Å². The maximum Gasteiger partial charge on any atom is 0.357 e. The second-order valence-electron chi connectivity index (χ2n) is 7.71. The van der Waals surface area contributed by atoms with Crippen molar-refractivity contribution in [3.05, 3.63) is 86.9 Å². The fourth-order valence-corrected chi connectivity index (χ4v) is 3.53. The summed E-state index contributed by atoms with van der Waals surface area (Å²) >= 11 is 0. The van der Waals surface area contributed by atoms with Gasteiger partial charge in [-0.2, -0.15) is 5.26 Å². The number of unbranched alkanes of at least 4 members (excludes halogenated alkanes) is 1. The van der Waals surface area contributed by atoms with E-state index in [2.05, 4.69) is 15.4 Å². The third-order valence-electron chi connectivity index (χ3n) is 5.42. The minimum absolute atomic E-state index is 0.0298. The van der Waals surface area contributed by atoms with E-state index in [1.807, 2.05) is 13.0 Å². The van der Waals surface area contributed by atoms with Crippen LogP contribution in [0.5, 0.6) is 0 Å². The van der Waals surface area contributed by atoms with E-state index < -0.39 is 10.9 Å². The van der Waals surface area contributed by atoms with Gasteiger partial charge in [0.05, 0.1) is 28.3 Å². The molecule has 3 aromatic rings. The van der Waals surface area contributed by atoms with Crippen LogP contribution in [-0.2, 0) is 11.4 Å². The molecule has 0 aliphatic rings. The van der Waals surface area contributed by atoms with Gasteiger partial charge in [-0.25, -0.2) is 14.8 Å². The zero-order chi connectivity index (χ0) is 25.4. The molecular weight excluding hydrogens is 450 g/mol. The summed E-state index contributed by atoms with van der Waals surface area (Å²) in [6.45, 7) is 3.49. The second-order valence-corrected chi connectivity index (χ2v) is 7.71. The first-order valence-electron chi connectivity index (χ1n) is 10.9. The second kappa shape index (κ2) is 11.6. The Morgan fingerprint density at radius 3 is 2.74 bits per heavy atom. The van der Waals surface area contributed by atoms with Crippen LogP contribution in [0.4, 0.5) is 5.69 Å². The van der Waals surface area contributed by atoms with Gasteiger partial charge in [0, 0.05) is 35.4 Å². The fourth-order valence-electron chi connectivity index (χ4n) is 3.53. The number of ketones is 1. The van der Waals surface area contributed by atoms with E-state index in [4.69, 9.17) is 4.84 Å². The first-order valence-corrected chi connectivity index (χ1v) is 10.9. The molecule has 10 heteroatoms. The van der Waals surface area contributed by atoms with E-state index in [1.165, 1.54) is 37.6 Å². The number of nitro benzene ring substituents is 1. The Balaban J connectivity index is 1.83. The van der Waals surface area contributed by atoms with Gasteiger partial charge in [0.1, 0.15) is 12.4 Å². The molecule has 0 spiro atoms. The summed E-state index contributed by atoms with van der Waals surface area (Å²) in [4.78, 5) is 49.1. The van der Waals surface area contributed by atoms with Crippen LogP contribution in [0.2, 0.25) is 0 Å².